The summed E-state index contributed by atoms with van der Waals surface area (Å²) in [7, 11) is 0. The summed E-state index contributed by atoms with van der Waals surface area (Å²) in [4.78, 5) is 40.0. The number of ketones is 1. The second-order valence-corrected chi connectivity index (χ2v) is 9.04. The van der Waals surface area contributed by atoms with E-state index in [1.165, 1.54) is 4.90 Å². The molecule has 2 aromatic rings. The van der Waals surface area contributed by atoms with E-state index in [1.54, 1.807) is 0 Å². The third-order valence-corrected chi connectivity index (χ3v) is 5.97. The molecule has 2 amide bonds. The molecule has 0 bridgehead atoms. The van der Waals surface area contributed by atoms with Gasteiger partial charge >= 0.3 is 0 Å². The Balaban J connectivity index is 2.05. The molecular formula is C25H34BrN5O3. The van der Waals surface area contributed by atoms with Crippen molar-refractivity contribution in [1.82, 2.24) is 10.2 Å². The first-order valence-corrected chi connectivity index (χ1v) is 12.2. The lowest BCUT2D eigenvalue weighted by atomic mass is 9.97. The van der Waals surface area contributed by atoms with Gasteiger partial charge in [-0.05, 0) is 36.1 Å². The van der Waals surface area contributed by atoms with E-state index in [0.717, 1.165) is 15.6 Å². The van der Waals surface area contributed by atoms with Crippen LogP contribution in [0.4, 0.5) is 0 Å². The van der Waals surface area contributed by atoms with Crippen LogP contribution in [0.5, 0.6) is 0 Å². The number of nitrogens with two attached hydrogens (primary N) is 3. The first-order chi connectivity index (χ1) is 16.3. The number of aryl methyl sites for hydroxylation is 1. The maximum atomic E-state index is 13.1. The summed E-state index contributed by atoms with van der Waals surface area (Å²) in [6.07, 6.45) is 1.05. The minimum absolute atomic E-state index is 0.113. The number of hydrogen-bond acceptors (Lipinski definition) is 6. The van der Waals surface area contributed by atoms with E-state index in [2.05, 4.69) is 21.2 Å². The van der Waals surface area contributed by atoms with Crippen LogP contribution in [0.2, 0.25) is 0 Å². The van der Waals surface area contributed by atoms with Crippen molar-refractivity contribution in [2.45, 2.75) is 37.8 Å². The minimum atomic E-state index is -1.08. The molecule has 0 aliphatic heterocycles. The highest BCUT2D eigenvalue weighted by atomic mass is 79.9. The van der Waals surface area contributed by atoms with Gasteiger partial charge in [0, 0.05) is 37.1 Å². The first kappa shape index (κ1) is 27.7. The number of nitrogens with one attached hydrogen (secondary N) is 1. The second kappa shape index (κ2) is 14.6. The summed E-state index contributed by atoms with van der Waals surface area (Å²) in [6, 6.07) is 15.4. The molecule has 0 fully saturated rings. The molecular weight excluding hydrogens is 498 g/mol. The van der Waals surface area contributed by atoms with Crippen LogP contribution in [0.15, 0.2) is 59.1 Å². The molecule has 0 radical (unpaired) electrons. The monoisotopic (exact) mass is 531 g/mol. The second-order valence-electron chi connectivity index (χ2n) is 8.12. The van der Waals surface area contributed by atoms with Crippen LogP contribution in [0.25, 0.3) is 0 Å². The third kappa shape index (κ3) is 9.34. The Hall–Kier alpha value is -2.59. The van der Waals surface area contributed by atoms with Gasteiger partial charge < -0.3 is 27.4 Å². The zero-order valence-corrected chi connectivity index (χ0v) is 20.9. The number of benzene rings is 2. The highest BCUT2D eigenvalue weighted by Crippen LogP contribution is 2.13. The van der Waals surface area contributed by atoms with Gasteiger partial charge in [0.1, 0.15) is 0 Å². The maximum absolute atomic E-state index is 13.1. The van der Waals surface area contributed by atoms with Crippen LogP contribution < -0.4 is 22.5 Å². The Morgan fingerprint density at radius 1 is 0.912 bits per heavy atom. The SMILES string of the molecule is NCCN(CCN)C(=O)C[C@H](N)C(=O)N[C@@H](CCc1ccccc1)C(=O)Cc1ccc(Br)cc1. The number of nitrogens with zero attached hydrogens (tertiary/aromatic N) is 1. The van der Waals surface area contributed by atoms with Gasteiger partial charge in [0.05, 0.1) is 18.5 Å². The first-order valence-electron chi connectivity index (χ1n) is 11.4. The molecule has 0 aliphatic rings. The van der Waals surface area contributed by atoms with Gasteiger partial charge in [0.15, 0.2) is 5.78 Å². The molecule has 0 saturated heterocycles. The summed E-state index contributed by atoms with van der Waals surface area (Å²) in [6.45, 7) is 1.27. The van der Waals surface area contributed by atoms with E-state index in [4.69, 9.17) is 17.2 Å². The lowest BCUT2D eigenvalue weighted by Gasteiger charge is -2.24. The fraction of sp³-hybridized carbons (Fsp3) is 0.400. The molecule has 7 N–H and O–H groups in total. The summed E-state index contributed by atoms with van der Waals surface area (Å²) < 4.78 is 0.923. The molecule has 2 aromatic carbocycles. The van der Waals surface area contributed by atoms with Crippen molar-refractivity contribution in [2.24, 2.45) is 17.2 Å². The van der Waals surface area contributed by atoms with Crippen LogP contribution in [0, 0.1) is 0 Å². The summed E-state index contributed by atoms with van der Waals surface area (Å²) in [5.41, 5.74) is 19.1. The molecule has 2 rings (SSSR count). The van der Waals surface area contributed by atoms with Crippen molar-refractivity contribution in [1.29, 1.82) is 0 Å². The Morgan fingerprint density at radius 3 is 2.12 bits per heavy atom. The van der Waals surface area contributed by atoms with Crippen molar-refractivity contribution < 1.29 is 14.4 Å². The van der Waals surface area contributed by atoms with Gasteiger partial charge in [-0.25, -0.2) is 0 Å². The summed E-state index contributed by atoms with van der Waals surface area (Å²) >= 11 is 3.39. The number of hydrogen-bond donors (Lipinski definition) is 4. The van der Waals surface area contributed by atoms with Crippen LogP contribution in [-0.4, -0.2) is 60.8 Å². The van der Waals surface area contributed by atoms with E-state index >= 15 is 0 Å². The van der Waals surface area contributed by atoms with E-state index in [-0.39, 0.29) is 24.5 Å². The van der Waals surface area contributed by atoms with Crippen LogP contribution in [-0.2, 0) is 27.2 Å². The normalized spacial score (nSPS) is 12.6. The van der Waals surface area contributed by atoms with Crippen LogP contribution >= 0.6 is 15.9 Å². The van der Waals surface area contributed by atoms with E-state index in [0.29, 0.717) is 39.0 Å². The number of amides is 2. The van der Waals surface area contributed by atoms with Gasteiger partial charge in [-0.2, -0.15) is 0 Å². The molecule has 9 heteroatoms. The predicted molar refractivity (Wildman–Crippen MR) is 137 cm³/mol. The molecule has 2 atom stereocenters. The molecule has 0 aliphatic carbocycles. The molecule has 0 spiro atoms. The molecule has 8 nitrogen and oxygen atoms in total. The number of carbonyl (C=O) groups excluding carboxylic acids is 3. The average molecular weight is 532 g/mol. The van der Waals surface area contributed by atoms with Gasteiger partial charge in [-0.1, -0.05) is 58.4 Å². The summed E-state index contributed by atoms with van der Waals surface area (Å²) in [5.74, 6) is -0.936. The molecule has 0 saturated carbocycles. The van der Waals surface area contributed by atoms with Gasteiger partial charge in [0.25, 0.3) is 0 Å². The average Bonchev–Trinajstić information content (AvgIpc) is 2.83. The standard InChI is InChI=1S/C25H34BrN5O3/c26-20-9-6-19(7-10-20)16-23(32)22(11-8-18-4-2-1-3-5-18)30-25(34)21(29)17-24(33)31(14-12-27)15-13-28/h1-7,9-10,21-22H,8,11-17,27-29H2,(H,30,34)/t21-,22-/m0/s1. The molecule has 184 valence electrons. The fourth-order valence-electron chi connectivity index (χ4n) is 3.56. The number of halogens is 1. The highest BCUT2D eigenvalue weighted by Gasteiger charge is 2.26. The smallest absolute Gasteiger partial charge is 0.238 e. The molecule has 0 aromatic heterocycles. The number of rotatable bonds is 14. The number of carbonyl (C=O) groups is 3. The number of Topliss-reactive ketones (excluding diaryl/α,β-unsaturated/α-hetero) is 1. The van der Waals surface area contributed by atoms with Crippen molar-refractivity contribution in [3.8, 4) is 0 Å². The van der Waals surface area contributed by atoms with Gasteiger partial charge in [-0.15, -0.1) is 0 Å². The Labute approximate surface area is 209 Å². The Kier molecular flexibility index (Phi) is 11.9. The lowest BCUT2D eigenvalue weighted by Crippen LogP contribution is -2.51. The third-order valence-electron chi connectivity index (χ3n) is 5.44. The van der Waals surface area contributed by atoms with E-state index in [1.807, 2.05) is 54.6 Å². The zero-order chi connectivity index (χ0) is 24.9. The lowest BCUT2D eigenvalue weighted by molar-refractivity contribution is -0.134. The zero-order valence-electron chi connectivity index (χ0n) is 19.3. The van der Waals surface area contributed by atoms with E-state index in [9.17, 15) is 14.4 Å². The quantitative estimate of drug-likeness (QED) is 0.287. The maximum Gasteiger partial charge on any atom is 0.238 e. The fourth-order valence-corrected chi connectivity index (χ4v) is 3.82. The topological polar surface area (TPSA) is 145 Å². The predicted octanol–water partition coefficient (Wildman–Crippen LogP) is 1.14. The van der Waals surface area contributed by atoms with Crippen LogP contribution in [0.3, 0.4) is 0 Å². The van der Waals surface area contributed by atoms with Crippen molar-refractivity contribution in [2.75, 3.05) is 26.2 Å². The Morgan fingerprint density at radius 2 is 1.53 bits per heavy atom. The summed E-state index contributed by atoms with van der Waals surface area (Å²) in [5, 5.41) is 2.78. The minimum Gasteiger partial charge on any atom is -0.345 e. The van der Waals surface area contributed by atoms with E-state index < -0.39 is 18.0 Å². The molecule has 34 heavy (non-hydrogen) atoms. The van der Waals surface area contributed by atoms with Crippen molar-refractivity contribution in [3.05, 3.63) is 70.2 Å². The van der Waals surface area contributed by atoms with Gasteiger partial charge in [0.2, 0.25) is 11.8 Å². The van der Waals surface area contributed by atoms with Crippen molar-refractivity contribution >= 4 is 33.5 Å². The van der Waals surface area contributed by atoms with Crippen molar-refractivity contribution in [3.63, 3.8) is 0 Å². The largest absolute Gasteiger partial charge is 0.345 e. The Bertz CT molecular complexity index is 918. The van der Waals surface area contributed by atoms with Crippen LogP contribution in [0.1, 0.15) is 24.0 Å². The molecule has 0 heterocycles. The molecule has 0 unspecified atom stereocenters. The highest BCUT2D eigenvalue weighted by molar-refractivity contribution is 9.10. The van der Waals surface area contributed by atoms with Gasteiger partial charge in [-0.3, -0.25) is 14.4 Å².